The van der Waals surface area contributed by atoms with E-state index in [9.17, 15) is 13.2 Å². The Bertz CT molecular complexity index is 555. The van der Waals surface area contributed by atoms with E-state index in [1.54, 1.807) is 30.3 Å². The molecule has 1 aromatic carbocycles. The summed E-state index contributed by atoms with van der Waals surface area (Å²) in [4.78, 5) is 10.9. The topological polar surface area (TPSA) is 54.5 Å². The van der Waals surface area contributed by atoms with Gasteiger partial charge in [0.05, 0.1) is 11.4 Å². The van der Waals surface area contributed by atoms with Gasteiger partial charge in [0.15, 0.2) is 0 Å². The van der Waals surface area contributed by atoms with Gasteiger partial charge in [-0.05, 0) is 32.9 Å². The molecule has 0 unspecified atom stereocenters. The summed E-state index contributed by atoms with van der Waals surface area (Å²) >= 11 is 0. The summed E-state index contributed by atoms with van der Waals surface area (Å²) in [6.45, 7) is 5.73. The lowest BCUT2D eigenvalue weighted by molar-refractivity contribution is -0.108. The monoisotopic (exact) mass is 281 g/mol. The molecule has 0 spiro atoms. The fourth-order valence-corrected chi connectivity index (χ4v) is 2.80. The van der Waals surface area contributed by atoms with Crippen LogP contribution < -0.4 is 0 Å². The Balaban J connectivity index is 3.08. The number of carbonyl (C=O) groups excluding carboxylic acids is 1. The molecule has 0 aliphatic carbocycles. The first-order valence-corrected chi connectivity index (χ1v) is 7.45. The molecule has 0 N–H and O–H groups in total. The minimum Gasteiger partial charge on any atom is -0.302 e. The van der Waals surface area contributed by atoms with Crippen LogP contribution in [0.5, 0.6) is 0 Å². The molecule has 5 heteroatoms. The molecular weight excluding hydrogens is 262 g/mol. The molecule has 1 rings (SSSR count). The van der Waals surface area contributed by atoms with Gasteiger partial charge in [-0.2, -0.15) is 4.31 Å². The number of nitrogens with zero attached hydrogens (tertiary/aromatic N) is 1. The van der Waals surface area contributed by atoms with Crippen molar-refractivity contribution in [1.82, 2.24) is 4.31 Å². The Morgan fingerprint density at radius 2 is 1.74 bits per heavy atom. The van der Waals surface area contributed by atoms with E-state index in [1.807, 2.05) is 20.8 Å². The van der Waals surface area contributed by atoms with Gasteiger partial charge in [-0.25, -0.2) is 8.42 Å². The minimum absolute atomic E-state index is 0.139. The van der Waals surface area contributed by atoms with Crippen LogP contribution in [0.1, 0.15) is 19.4 Å². The largest absolute Gasteiger partial charge is 0.302 e. The van der Waals surface area contributed by atoms with Gasteiger partial charge in [-0.3, -0.25) is 0 Å². The highest BCUT2D eigenvalue weighted by molar-refractivity contribution is 7.89. The molecule has 0 saturated heterocycles. The summed E-state index contributed by atoms with van der Waals surface area (Å²) in [6.07, 6.45) is 2.39. The summed E-state index contributed by atoms with van der Waals surface area (Å²) in [7, 11) is -3.62. The van der Waals surface area contributed by atoms with Crippen LogP contribution in [-0.2, 0) is 14.8 Å². The maximum Gasteiger partial charge on any atom is 0.243 e. The lowest BCUT2D eigenvalue weighted by atomic mass is 10.2. The normalized spacial score (nSPS) is 11.4. The average molecular weight is 281 g/mol. The number of carbonyl (C=O) groups is 1. The van der Waals surface area contributed by atoms with E-state index >= 15 is 0 Å². The molecule has 0 aliphatic heterocycles. The van der Waals surface area contributed by atoms with E-state index in [2.05, 4.69) is 0 Å². The van der Waals surface area contributed by atoms with Crippen molar-refractivity contribution in [3.05, 3.63) is 41.5 Å². The maximum atomic E-state index is 12.4. The van der Waals surface area contributed by atoms with E-state index in [4.69, 9.17) is 0 Å². The zero-order chi connectivity index (χ0) is 14.5. The van der Waals surface area contributed by atoms with Gasteiger partial charge in [-0.1, -0.05) is 29.3 Å². The molecule has 0 atom stereocenters. The molecule has 104 valence electrons. The van der Waals surface area contributed by atoms with Crippen molar-refractivity contribution in [3.63, 3.8) is 0 Å². The third kappa shape index (κ3) is 4.29. The summed E-state index contributed by atoms with van der Waals surface area (Å²) in [5, 5.41) is 0. The van der Waals surface area contributed by atoms with Crippen molar-refractivity contribution in [1.29, 1.82) is 0 Å². The van der Waals surface area contributed by atoms with Gasteiger partial charge in [0.1, 0.15) is 6.29 Å². The zero-order valence-electron chi connectivity index (χ0n) is 11.5. The summed E-state index contributed by atoms with van der Waals surface area (Å²) in [5.41, 5.74) is 2.00. The second-order valence-electron chi connectivity index (χ2n) is 4.58. The predicted octanol–water partition coefficient (Wildman–Crippen LogP) is 2.15. The standard InChI is InChI=1S/C14H19NO3S/c1-12(2)8-9-15(10-11-16)19(17,18)14-6-4-13(3)5-7-14/h4-8,11H,9-10H2,1-3H3. The first-order chi connectivity index (χ1) is 8.87. The first kappa shape index (κ1) is 15.6. The van der Waals surface area contributed by atoms with Gasteiger partial charge in [-0.15, -0.1) is 0 Å². The number of hydrogen-bond acceptors (Lipinski definition) is 3. The Kier molecular flexibility index (Phi) is 5.44. The molecule has 4 nitrogen and oxygen atoms in total. The first-order valence-electron chi connectivity index (χ1n) is 6.01. The number of aryl methyl sites for hydroxylation is 1. The molecule has 19 heavy (non-hydrogen) atoms. The van der Waals surface area contributed by atoms with Crippen molar-refractivity contribution in [2.75, 3.05) is 13.1 Å². The Morgan fingerprint density at radius 1 is 1.16 bits per heavy atom. The molecular formula is C14H19NO3S. The molecule has 0 fully saturated rings. The van der Waals surface area contributed by atoms with Crippen LogP contribution >= 0.6 is 0 Å². The number of hydrogen-bond donors (Lipinski definition) is 0. The van der Waals surface area contributed by atoms with E-state index in [0.29, 0.717) is 6.29 Å². The number of benzene rings is 1. The third-order valence-electron chi connectivity index (χ3n) is 2.64. The molecule has 0 heterocycles. The summed E-state index contributed by atoms with van der Waals surface area (Å²) in [6, 6.07) is 6.61. The van der Waals surface area contributed by atoms with E-state index in [0.717, 1.165) is 15.4 Å². The summed E-state index contributed by atoms with van der Waals surface area (Å²) < 4.78 is 25.9. The zero-order valence-corrected chi connectivity index (χ0v) is 12.3. The predicted molar refractivity (Wildman–Crippen MR) is 75.4 cm³/mol. The van der Waals surface area contributed by atoms with Gasteiger partial charge in [0.25, 0.3) is 0 Å². The highest BCUT2D eigenvalue weighted by Gasteiger charge is 2.22. The van der Waals surface area contributed by atoms with Crippen LogP contribution in [0.3, 0.4) is 0 Å². The SMILES string of the molecule is CC(C)=CCN(CC=O)S(=O)(=O)c1ccc(C)cc1. The Morgan fingerprint density at radius 3 is 2.21 bits per heavy atom. The average Bonchev–Trinajstić information content (AvgIpc) is 2.34. The third-order valence-corrected chi connectivity index (χ3v) is 4.49. The molecule has 0 saturated carbocycles. The maximum absolute atomic E-state index is 12.4. The minimum atomic E-state index is -3.62. The van der Waals surface area contributed by atoms with Gasteiger partial charge >= 0.3 is 0 Å². The highest BCUT2D eigenvalue weighted by atomic mass is 32.2. The fraction of sp³-hybridized carbons (Fsp3) is 0.357. The number of allylic oxidation sites excluding steroid dienone is 1. The molecule has 1 aromatic rings. The second kappa shape index (κ2) is 6.63. The van der Waals surface area contributed by atoms with Gasteiger partial charge in [0.2, 0.25) is 10.0 Å². The highest BCUT2D eigenvalue weighted by Crippen LogP contribution is 2.16. The van der Waals surface area contributed by atoms with Gasteiger partial charge in [0, 0.05) is 6.54 Å². The smallest absolute Gasteiger partial charge is 0.243 e. The Hall–Kier alpha value is -1.46. The molecule has 0 aromatic heterocycles. The fourth-order valence-electron chi connectivity index (χ4n) is 1.50. The van der Waals surface area contributed by atoms with Crippen LogP contribution in [0.2, 0.25) is 0 Å². The molecule has 0 aliphatic rings. The number of aldehydes is 1. The van der Waals surface area contributed by atoms with E-state index < -0.39 is 10.0 Å². The molecule has 0 bridgehead atoms. The molecule has 0 amide bonds. The lowest BCUT2D eigenvalue weighted by Gasteiger charge is -2.18. The molecule has 0 radical (unpaired) electrons. The van der Waals surface area contributed by atoms with Crippen molar-refractivity contribution in [2.45, 2.75) is 25.7 Å². The van der Waals surface area contributed by atoms with Crippen LogP contribution in [0, 0.1) is 6.92 Å². The summed E-state index contributed by atoms with van der Waals surface area (Å²) in [5.74, 6) is 0. The van der Waals surface area contributed by atoms with Crippen LogP contribution in [0.25, 0.3) is 0 Å². The quantitative estimate of drug-likeness (QED) is 0.593. The van der Waals surface area contributed by atoms with Gasteiger partial charge < -0.3 is 4.79 Å². The van der Waals surface area contributed by atoms with Crippen LogP contribution in [-0.4, -0.2) is 32.1 Å². The van der Waals surface area contributed by atoms with Crippen molar-refractivity contribution >= 4 is 16.3 Å². The van der Waals surface area contributed by atoms with E-state index in [1.165, 1.54) is 0 Å². The van der Waals surface area contributed by atoms with Crippen LogP contribution in [0.15, 0.2) is 40.8 Å². The Labute approximate surface area is 114 Å². The van der Waals surface area contributed by atoms with Crippen molar-refractivity contribution < 1.29 is 13.2 Å². The number of rotatable bonds is 6. The van der Waals surface area contributed by atoms with Crippen LogP contribution in [0.4, 0.5) is 0 Å². The van der Waals surface area contributed by atoms with E-state index in [-0.39, 0.29) is 18.0 Å². The number of sulfonamides is 1. The lowest BCUT2D eigenvalue weighted by Crippen LogP contribution is -2.33. The van der Waals surface area contributed by atoms with Crippen molar-refractivity contribution in [2.24, 2.45) is 0 Å². The second-order valence-corrected chi connectivity index (χ2v) is 6.52. The van der Waals surface area contributed by atoms with Crippen molar-refractivity contribution in [3.8, 4) is 0 Å².